The molecular formula is C19H19Cl2N3O3. The molecule has 0 saturated heterocycles. The number of halogens is 2. The Morgan fingerprint density at radius 2 is 1.67 bits per heavy atom. The Kier molecular flexibility index (Phi) is 7.64. The van der Waals surface area contributed by atoms with Crippen molar-refractivity contribution in [2.45, 2.75) is 13.3 Å². The van der Waals surface area contributed by atoms with E-state index in [1.165, 1.54) is 18.2 Å². The van der Waals surface area contributed by atoms with Crippen LogP contribution in [-0.4, -0.2) is 30.8 Å². The van der Waals surface area contributed by atoms with Crippen molar-refractivity contribution in [3.8, 4) is 0 Å². The van der Waals surface area contributed by atoms with Crippen molar-refractivity contribution in [3.63, 3.8) is 0 Å². The van der Waals surface area contributed by atoms with Gasteiger partial charge in [-0.15, -0.1) is 0 Å². The van der Waals surface area contributed by atoms with Gasteiger partial charge in [0, 0.05) is 10.7 Å². The van der Waals surface area contributed by atoms with E-state index in [9.17, 15) is 14.4 Å². The molecule has 0 aliphatic carbocycles. The van der Waals surface area contributed by atoms with Crippen molar-refractivity contribution in [3.05, 3.63) is 63.6 Å². The smallest absolute Gasteiger partial charge is 0.253 e. The van der Waals surface area contributed by atoms with E-state index in [1.807, 2.05) is 25.1 Å². The molecule has 0 aliphatic rings. The maximum absolute atomic E-state index is 12.0. The minimum absolute atomic E-state index is 0.189. The van der Waals surface area contributed by atoms with E-state index in [0.717, 1.165) is 12.0 Å². The molecule has 8 heteroatoms. The minimum atomic E-state index is -0.507. The quantitative estimate of drug-likeness (QED) is 0.658. The number of anilines is 1. The SMILES string of the molecule is CCc1cccc(NC(=O)CNC(=O)CNC(=O)c2ccc(Cl)cc2Cl)c1. The van der Waals surface area contributed by atoms with Crippen LogP contribution in [0.4, 0.5) is 5.69 Å². The Hall–Kier alpha value is -2.57. The lowest BCUT2D eigenvalue weighted by atomic mass is 10.1. The first-order valence-corrected chi connectivity index (χ1v) is 9.03. The Morgan fingerprint density at radius 3 is 2.37 bits per heavy atom. The maximum atomic E-state index is 12.0. The van der Waals surface area contributed by atoms with E-state index in [4.69, 9.17) is 23.2 Å². The normalized spacial score (nSPS) is 10.2. The van der Waals surface area contributed by atoms with Crippen LogP contribution < -0.4 is 16.0 Å². The fraction of sp³-hybridized carbons (Fsp3) is 0.211. The molecule has 0 unspecified atom stereocenters. The molecule has 0 aliphatic heterocycles. The van der Waals surface area contributed by atoms with E-state index in [1.54, 1.807) is 6.07 Å². The summed E-state index contributed by atoms with van der Waals surface area (Å²) in [5, 5.41) is 8.18. The number of nitrogens with one attached hydrogen (secondary N) is 3. The van der Waals surface area contributed by atoms with Crippen LogP contribution in [0, 0.1) is 0 Å². The van der Waals surface area contributed by atoms with Crippen LogP contribution in [0.25, 0.3) is 0 Å². The van der Waals surface area contributed by atoms with Crippen molar-refractivity contribution < 1.29 is 14.4 Å². The van der Waals surface area contributed by atoms with Crippen LogP contribution in [0.3, 0.4) is 0 Å². The number of amides is 3. The summed E-state index contributed by atoms with van der Waals surface area (Å²) in [5.41, 5.74) is 1.97. The van der Waals surface area contributed by atoms with Gasteiger partial charge in [0.25, 0.3) is 5.91 Å². The van der Waals surface area contributed by atoms with Gasteiger partial charge in [-0.1, -0.05) is 42.3 Å². The standard InChI is InChI=1S/C19H19Cl2N3O3/c1-2-12-4-3-5-14(8-12)24-18(26)11-22-17(25)10-23-19(27)15-7-6-13(20)9-16(15)21/h3-9H,2,10-11H2,1H3,(H,22,25)(H,23,27)(H,24,26). The summed E-state index contributed by atoms with van der Waals surface area (Å²) in [6.45, 7) is 1.54. The Bertz CT molecular complexity index is 856. The largest absolute Gasteiger partial charge is 0.345 e. The van der Waals surface area contributed by atoms with Gasteiger partial charge in [-0.25, -0.2) is 0 Å². The lowest BCUT2D eigenvalue weighted by molar-refractivity contribution is -0.123. The highest BCUT2D eigenvalue weighted by molar-refractivity contribution is 6.36. The van der Waals surface area contributed by atoms with Gasteiger partial charge in [-0.3, -0.25) is 14.4 Å². The first-order chi connectivity index (χ1) is 12.9. The molecule has 3 N–H and O–H groups in total. The first-order valence-electron chi connectivity index (χ1n) is 8.27. The summed E-state index contributed by atoms with van der Waals surface area (Å²) in [4.78, 5) is 35.7. The first kappa shape index (κ1) is 20.7. The molecule has 0 heterocycles. The third kappa shape index (κ3) is 6.58. The van der Waals surface area contributed by atoms with Gasteiger partial charge in [0.1, 0.15) is 0 Å². The third-order valence-electron chi connectivity index (χ3n) is 3.65. The van der Waals surface area contributed by atoms with Crippen LogP contribution in [-0.2, 0) is 16.0 Å². The second-order valence-electron chi connectivity index (χ2n) is 5.69. The van der Waals surface area contributed by atoms with E-state index >= 15 is 0 Å². The van der Waals surface area contributed by atoms with Gasteiger partial charge in [0.2, 0.25) is 11.8 Å². The fourth-order valence-electron chi connectivity index (χ4n) is 2.24. The fourth-order valence-corrected chi connectivity index (χ4v) is 2.74. The Morgan fingerprint density at radius 1 is 0.926 bits per heavy atom. The molecule has 6 nitrogen and oxygen atoms in total. The molecule has 0 atom stereocenters. The zero-order valence-corrected chi connectivity index (χ0v) is 16.2. The number of hydrogen-bond donors (Lipinski definition) is 3. The lowest BCUT2D eigenvalue weighted by Gasteiger charge is -2.09. The van der Waals surface area contributed by atoms with Crippen LogP contribution in [0.5, 0.6) is 0 Å². The predicted octanol–water partition coefficient (Wildman–Crippen LogP) is 3.04. The van der Waals surface area contributed by atoms with Gasteiger partial charge in [-0.2, -0.15) is 0 Å². The molecule has 0 bridgehead atoms. The summed E-state index contributed by atoms with van der Waals surface area (Å²) in [5.74, 6) is -1.36. The average Bonchev–Trinajstić information content (AvgIpc) is 2.64. The molecule has 2 rings (SSSR count). The van der Waals surface area contributed by atoms with Gasteiger partial charge in [0.05, 0.1) is 23.7 Å². The van der Waals surface area contributed by atoms with E-state index in [-0.39, 0.29) is 29.6 Å². The zero-order chi connectivity index (χ0) is 19.8. The second-order valence-corrected chi connectivity index (χ2v) is 6.53. The van der Waals surface area contributed by atoms with Crippen molar-refractivity contribution in [2.75, 3.05) is 18.4 Å². The van der Waals surface area contributed by atoms with Crippen molar-refractivity contribution in [1.82, 2.24) is 10.6 Å². The highest BCUT2D eigenvalue weighted by Gasteiger charge is 2.12. The molecule has 2 aromatic rings. The molecule has 3 amide bonds. The number of hydrogen-bond acceptors (Lipinski definition) is 3. The highest BCUT2D eigenvalue weighted by Crippen LogP contribution is 2.20. The molecular weight excluding hydrogens is 389 g/mol. The Labute approximate surface area is 167 Å². The van der Waals surface area contributed by atoms with Crippen molar-refractivity contribution in [1.29, 1.82) is 0 Å². The van der Waals surface area contributed by atoms with Crippen molar-refractivity contribution in [2.24, 2.45) is 0 Å². The number of aryl methyl sites for hydroxylation is 1. The second kappa shape index (κ2) is 9.94. The van der Waals surface area contributed by atoms with Crippen LogP contribution in [0.15, 0.2) is 42.5 Å². The van der Waals surface area contributed by atoms with Gasteiger partial charge < -0.3 is 16.0 Å². The molecule has 142 valence electrons. The summed E-state index contributed by atoms with van der Waals surface area (Å²) >= 11 is 11.7. The van der Waals surface area contributed by atoms with Gasteiger partial charge in [0.15, 0.2) is 0 Å². The topological polar surface area (TPSA) is 87.3 Å². The van der Waals surface area contributed by atoms with Gasteiger partial charge >= 0.3 is 0 Å². The molecule has 0 aromatic heterocycles. The number of carbonyl (C=O) groups excluding carboxylic acids is 3. The van der Waals surface area contributed by atoms with Crippen LogP contribution in [0.2, 0.25) is 10.0 Å². The molecule has 0 saturated carbocycles. The lowest BCUT2D eigenvalue weighted by Crippen LogP contribution is -2.40. The third-order valence-corrected chi connectivity index (χ3v) is 4.20. The van der Waals surface area contributed by atoms with E-state index in [2.05, 4.69) is 16.0 Å². The van der Waals surface area contributed by atoms with Crippen LogP contribution >= 0.6 is 23.2 Å². The van der Waals surface area contributed by atoms with Crippen LogP contribution in [0.1, 0.15) is 22.8 Å². The summed E-state index contributed by atoms with van der Waals surface area (Å²) in [6, 6.07) is 11.9. The highest BCUT2D eigenvalue weighted by atomic mass is 35.5. The number of carbonyl (C=O) groups is 3. The number of benzene rings is 2. The molecule has 0 fully saturated rings. The number of rotatable bonds is 7. The van der Waals surface area contributed by atoms with E-state index in [0.29, 0.717) is 10.7 Å². The summed E-state index contributed by atoms with van der Waals surface area (Å²) in [7, 11) is 0. The monoisotopic (exact) mass is 407 g/mol. The molecule has 0 spiro atoms. The average molecular weight is 408 g/mol. The minimum Gasteiger partial charge on any atom is -0.345 e. The van der Waals surface area contributed by atoms with E-state index < -0.39 is 11.8 Å². The summed E-state index contributed by atoms with van der Waals surface area (Å²) < 4.78 is 0. The zero-order valence-electron chi connectivity index (χ0n) is 14.6. The Balaban J connectivity index is 1.76. The van der Waals surface area contributed by atoms with Crippen molar-refractivity contribution >= 4 is 46.6 Å². The molecule has 27 heavy (non-hydrogen) atoms. The molecule has 2 aromatic carbocycles. The predicted molar refractivity (Wildman–Crippen MR) is 106 cm³/mol. The van der Waals surface area contributed by atoms with Gasteiger partial charge in [-0.05, 0) is 42.3 Å². The molecule has 0 radical (unpaired) electrons. The summed E-state index contributed by atoms with van der Waals surface area (Å²) in [6.07, 6.45) is 0.859. The maximum Gasteiger partial charge on any atom is 0.253 e.